The molecule has 0 bridgehead atoms. The van der Waals surface area contributed by atoms with Crippen LogP contribution >= 0.6 is 27.7 Å². The van der Waals surface area contributed by atoms with Crippen molar-refractivity contribution < 1.29 is 4.79 Å². The Morgan fingerprint density at radius 1 is 1.25 bits per heavy atom. The van der Waals surface area contributed by atoms with Gasteiger partial charge in [0.2, 0.25) is 5.91 Å². The van der Waals surface area contributed by atoms with Crippen molar-refractivity contribution in [2.75, 3.05) is 6.26 Å². The molecule has 6 heteroatoms. The lowest BCUT2D eigenvalue weighted by molar-refractivity contribution is -0.121. The molecule has 124 valence electrons. The van der Waals surface area contributed by atoms with Crippen molar-refractivity contribution in [3.8, 4) is 0 Å². The summed E-state index contributed by atoms with van der Waals surface area (Å²) in [5.74, 6) is 1.70. The molecule has 4 nitrogen and oxygen atoms in total. The third kappa shape index (κ3) is 3.99. The van der Waals surface area contributed by atoms with E-state index >= 15 is 0 Å². The number of benzene rings is 2. The van der Waals surface area contributed by atoms with E-state index in [4.69, 9.17) is 0 Å². The topological polar surface area (TPSA) is 46.9 Å². The molecule has 0 radical (unpaired) electrons. The van der Waals surface area contributed by atoms with Gasteiger partial charge in [0.1, 0.15) is 12.4 Å². The van der Waals surface area contributed by atoms with Gasteiger partial charge in [-0.2, -0.15) is 11.8 Å². The number of amides is 1. The summed E-state index contributed by atoms with van der Waals surface area (Å²) in [7, 11) is 0. The van der Waals surface area contributed by atoms with E-state index < -0.39 is 0 Å². The lowest BCUT2D eigenvalue weighted by Gasteiger charge is -2.10. The Labute approximate surface area is 153 Å². The fourth-order valence-corrected chi connectivity index (χ4v) is 3.51. The molecule has 0 unspecified atom stereocenters. The van der Waals surface area contributed by atoms with Gasteiger partial charge in [-0.15, -0.1) is 0 Å². The molecule has 0 aliphatic rings. The zero-order valence-electron chi connectivity index (χ0n) is 13.3. The third-order valence-corrected chi connectivity index (χ3v) is 4.73. The number of rotatable bonds is 6. The summed E-state index contributed by atoms with van der Waals surface area (Å²) in [5, 5.41) is 2.98. The van der Waals surface area contributed by atoms with Crippen LogP contribution in [0.2, 0.25) is 0 Å². The Bertz CT molecular complexity index is 862. The molecular formula is C18H18BrN3OS. The Morgan fingerprint density at radius 2 is 2.08 bits per heavy atom. The first kappa shape index (κ1) is 17.0. The predicted octanol–water partition coefficient (Wildman–Crippen LogP) is 3.98. The van der Waals surface area contributed by atoms with E-state index in [9.17, 15) is 4.79 Å². The second-order valence-corrected chi connectivity index (χ2v) is 7.22. The van der Waals surface area contributed by atoms with Crippen LogP contribution in [0.25, 0.3) is 11.0 Å². The molecular weight excluding hydrogens is 386 g/mol. The highest BCUT2D eigenvalue weighted by Gasteiger charge is 2.13. The highest BCUT2D eigenvalue weighted by Crippen LogP contribution is 2.19. The van der Waals surface area contributed by atoms with Crippen LogP contribution in [-0.4, -0.2) is 21.7 Å². The highest BCUT2D eigenvalue weighted by atomic mass is 79.9. The first-order chi connectivity index (χ1) is 11.7. The summed E-state index contributed by atoms with van der Waals surface area (Å²) in [6.45, 7) is 0.799. The van der Waals surface area contributed by atoms with Gasteiger partial charge >= 0.3 is 0 Å². The summed E-state index contributed by atoms with van der Waals surface area (Å²) >= 11 is 5.15. The van der Waals surface area contributed by atoms with E-state index in [0.717, 1.165) is 32.6 Å². The summed E-state index contributed by atoms with van der Waals surface area (Å²) in [5.41, 5.74) is 3.00. The quantitative estimate of drug-likeness (QED) is 0.676. The Morgan fingerprint density at radius 3 is 2.88 bits per heavy atom. The minimum absolute atomic E-state index is 0.0134. The van der Waals surface area contributed by atoms with E-state index in [-0.39, 0.29) is 12.5 Å². The summed E-state index contributed by atoms with van der Waals surface area (Å²) in [6.07, 6.45) is 2.04. The molecule has 0 atom stereocenters. The SMILES string of the molecule is CSCc1nc2ccccc2n1CC(=O)NCc1cccc(Br)c1. The minimum atomic E-state index is -0.0134. The molecule has 2 aromatic carbocycles. The fourth-order valence-electron chi connectivity index (χ4n) is 2.59. The first-order valence-electron chi connectivity index (χ1n) is 7.61. The monoisotopic (exact) mass is 403 g/mol. The number of thioether (sulfide) groups is 1. The second kappa shape index (κ2) is 7.85. The van der Waals surface area contributed by atoms with Crippen molar-refractivity contribution in [3.05, 3.63) is 64.4 Å². The number of carbonyl (C=O) groups is 1. The molecule has 0 aliphatic heterocycles. The Kier molecular flexibility index (Phi) is 5.58. The number of hydrogen-bond donors (Lipinski definition) is 1. The molecule has 0 spiro atoms. The van der Waals surface area contributed by atoms with Crippen LogP contribution in [0.15, 0.2) is 53.0 Å². The van der Waals surface area contributed by atoms with Crippen LogP contribution in [0.4, 0.5) is 0 Å². The molecule has 24 heavy (non-hydrogen) atoms. The maximum Gasteiger partial charge on any atom is 0.240 e. The van der Waals surface area contributed by atoms with Gasteiger partial charge < -0.3 is 9.88 Å². The summed E-state index contributed by atoms with van der Waals surface area (Å²) < 4.78 is 3.01. The highest BCUT2D eigenvalue weighted by molar-refractivity contribution is 9.10. The van der Waals surface area contributed by atoms with Crippen LogP contribution < -0.4 is 5.32 Å². The number of halogens is 1. The van der Waals surface area contributed by atoms with Crippen molar-refractivity contribution >= 4 is 44.6 Å². The maximum absolute atomic E-state index is 12.4. The van der Waals surface area contributed by atoms with E-state index in [1.54, 1.807) is 11.8 Å². The van der Waals surface area contributed by atoms with Crippen molar-refractivity contribution in [1.82, 2.24) is 14.9 Å². The zero-order chi connectivity index (χ0) is 16.9. The first-order valence-corrected chi connectivity index (χ1v) is 9.80. The van der Waals surface area contributed by atoms with Crippen LogP contribution in [0.3, 0.4) is 0 Å². The van der Waals surface area contributed by atoms with E-state index in [1.807, 2.05) is 59.4 Å². The molecule has 0 saturated heterocycles. The number of para-hydroxylation sites is 2. The normalized spacial score (nSPS) is 10.9. The fraction of sp³-hybridized carbons (Fsp3) is 0.222. The smallest absolute Gasteiger partial charge is 0.240 e. The van der Waals surface area contributed by atoms with Crippen molar-refractivity contribution in [2.45, 2.75) is 18.8 Å². The van der Waals surface area contributed by atoms with E-state index in [1.165, 1.54) is 0 Å². The minimum Gasteiger partial charge on any atom is -0.350 e. The number of nitrogens with zero attached hydrogens (tertiary/aromatic N) is 2. The number of imidazole rings is 1. The van der Waals surface area contributed by atoms with Gasteiger partial charge in [0.05, 0.1) is 16.8 Å². The van der Waals surface area contributed by atoms with Crippen molar-refractivity contribution in [2.24, 2.45) is 0 Å². The third-order valence-electron chi connectivity index (χ3n) is 3.69. The molecule has 0 aliphatic carbocycles. The number of fused-ring (bicyclic) bond motifs is 1. The molecule has 3 rings (SSSR count). The lowest BCUT2D eigenvalue weighted by Crippen LogP contribution is -2.27. The van der Waals surface area contributed by atoms with Gasteiger partial charge in [-0.1, -0.05) is 40.2 Å². The largest absolute Gasteiger partial charge is 0.350 e. The lowest BCUT2D eigenvalue weighted by atomic mass is 10.2. The molecule has 1 aromatic heterocycles. The van der Waals surface area contributed by atoms with Gasteiger partial charge in [0, 0.05) is 11.0 Å². The standard InChI is InChI=1S/C18H18BrN3OS/c1-24-12-17-21-15-7-2-3-8-16(15)22(17)11-18(23)20-10-13-5-4-6-14(19)9-13/h2-9H,10-12H2,1H3,(H,20,23). The number of nitrogens with one attached hydrogen (secondary N) is 1. The van der Waals surface area contributed by atoms with Crippen LogP contribution in [0.1, 0.15) is 11.4 Å². The van der Waals surface area contributed by atoms with E-state index in [0.29, 0.717) is 6.54 Å². The summed E-state index contributed by atoms with van der Waals surface area (Å²) in [6, 6.07) is 15.9. The predicted molar refractivity (Wildman–Crippen MR) is 103 cm³/mol. The molecule has 1 amide bonds. The number of carbonyl (C=O) groups excluding carboxylic acids is 1. The molecule has 1 N–H and O–H groups in total. The van der Waals surface area contributed by atoms with Gasteiger partial charge in [-0.25, -0.2) is 4.98 Å². The van der Waals surface area contributed by atoms with Gasteiger partial charge in [-0.05, 0) is 36.1 Å². The summed E-state index contributed by atoms with van der Waals surface area (Å²) in [4.78, 5) is 17.0. The second-order valence-electron chi connectivity index (χ2n) is 5.44. The molecule has 1 heterocycles. The zero-order valence-corrected chi connectivity index (χ0v) is 15.7. The van der Waals surface area contributed by atoms with Crippen LogP contribution in [-0.2, 0) is 23.6 Å². The van der Waals surface area contributed by atoms with Crippen molar-refractivity contribution in [1.29, 1.82) is 0 Å². The van der Waals surface area contributed by atoms with Gasteiger partial charge in [0.25, 0.3) is 0 Å². The van der Waals surface area contributed by atoms with E-state index in [2.05, 4.69) is 26.2 Å². The number of aromatic nitrogens is 2. The van der Waals surface area contributed by atoms with Crippen LogP contribution in [0, 0.1) is 0 Å². The average Bonchev–Trinajstić information content (AvgIpc) is 2.91. The van der Waals surface area contributed by atoms with Crippen molar-refractivity contribution in [3.63, 3.8) is 0 Å². The average molecular weight is 404 g/mol. The Hall–Kier alpha value is -1.79. The Balaban J connectivity index is 1.74. The number of hydrogen-bond acceptors (Lipinski definition) is 3. The maximum atomic E-state index is 12.4. The molecule has 0 fully saturated rings. The van der Waals surface area contributed by atoms with Gasteiger partial charge in [0.15, 0.2) is 0 Å². The van der Waals surface area contributed by atoms with Crippen LogP contribution in [0.5, 0.6) is 0 Å². The molecule has 0 saturated carbocycles. The molecule has 3 aromatic rings. The van der Waals surface area contributed by atoms with Gasteiger partial charge in [-0.3, -0.25) is 4.79 Å².